The molecule has 0 fully saturated rings. The molecule has 1 heterocycles. The third-order valence-corrected chi connectivity index (χ3v) is 2.00. The maximum absolute atomic E-state index is 5.72. The number of aromatic nitrogens is 2. The first-order valence-corrected chi connectivity index (χ1v) is 4.23. The van der Waals surface area contributed by atoms with Crippen molar-refractivity contribution >= 4 is 5.82 Å². The van der Waals surface area contributed by atoms with E-state index in [1.165, 1.54) is 0 Å². The molecule has 0 saturated carbocycles. The lowest BCUT2D eigenvalue weighted by Crippen LogP contribution is -1.98. The van der Waals surface area contributed by atoms with E-state index in [-0.39, 0.29) is 0 Å². The molecule has 1 aromatic carbocycles. The van der Waals surface area contributed by atoms with Crippen LogP contribution in [0.3, 0.4) is 0 Å². The molecule has 0 saturated heterocycles. The van der Waals surface area contributed by atoms with Gasteiger partial charge in [-0.2, -0.15) is 0 Å². The number of hydrogen-bond donors (Lipinski definition) is 1. The van der Waals surface area contributed by atoms with Gasteiger partial charge in [0.25, 0.3) is 0 Å². The lowest BCUT2D eigenvalue weighted by atomic mass is 10.3. The summed E-state index contributed by atoms with van der Waals surface area (Å²) < 4.78 is 6.91. The molecule has 2 aromatic rings. The van der Waals surface area contributed by atoms with Gasteiger partial charge < -0.3 is 10.5 Å². The predicted molar refractivity (Wildman–Crippen MR) is 54.5 cm³/mol. The lowest BCUT2D eigenvalue weighted by Gasteiger charge is -2.06. The van der Waals surface area contributed by atoms with Crippen molar-refractivity contribution in [3.63, 3.8) is 0 Å². The van der Waals surface area contributed by atoms with Crippen LogP contribution < -0.4 is 10.5 Å². The van der Waals surface area contributed by atoms with Gasteiger partial charge in [-0.1, -0.05) is 6.07 Å². The van der Waals surface area contributed by atoms with Crippen LogP contribution in [0.4, 0.5) is 5.82 Å². The van der Waals surface area contributed by atoms with Crippen molar-refractivity contribution in [2.24, 2.45) is 0 Å². The van der Waals surface area contributed by atoms with Crippen LogP contribution in [0.5, 0.6) is 5.75 Å². The molecule has 0 bridgehead atoms. The summed E-state index contributed by atoms with van der Waals surface area (Å²) in [6, 6.07) is 7.64. The Balaban J connectivity index is 2.47. The van der Waals surface area contributed by atoms with Crippen LogP contribution in [0.25, 0.3) is 5.69 Å². The topological polar surface area (TPSA) is 53.1 Å². The quantitative estimate of drug-likeness (QED) is 0.778. The van der Waals surface area contributed by atoms with E-state index in [2.05, 4.69) is 4.98 Å². The lowest BCUT2D eigenvalue weighted by molar-refractivity contribution is 0.414. The zero-order valence-corrected chi connectivity index (χ0v) is 7.84. The number of benzene rings is 1. The van der Waals surface area contributed by atoms with E-state index in [4.69, 9.17) is 10.5 Å². The van der Waals surface area contributed by atoms with E-state index < -0.39 is 0 Å². The Morgan fingerprint density at radius 3 is 2.93 bits per heavy atom. The highest BCUT2D eigenvalue weighted by Crippen LogP contribution is 2.18. The predicted octanol–water partition coefficient (Wildman–Crippen LogP) is 1.46. The summed E-state index contributed by atoms with van der Waals surface area (Å²) in [7, 11) is 1.64. The largest absolute Gasteiger partial charge is 0.497 e. The minimum absolute atomic E-state index is 0.609. The van der Waals surface area contributed by atoms with Crippen molar-refractivity contribution < 1.29 is 4.74 Å². The van der Waals surface area contributed by atoms with Gasteiger partial charge in [0.05, 0.1) is 19.0 Å². The Morgan fingerprint density at radius 2 is 2.29 bits per heavy atom. The van der Waals surface area contributed by atoms with Gasteiger partial charge in [0.2, 0.25) is 0 Å². The molecule has 2 N–H and O–H groups in total. The number of methoxy groups -OCH3 is 1. The number of ether oxygens (including phenoxy) is 1. The number of hydrogen-bond acceptors (Lipinski definition) is 3. The first-order valence-electron chi connectivity index (χ1n) is 4.23. The van der Waals surface area contributed by atoms with Crippen LogP contribution in [0.15, 0.2) is 36.8 Å². The number of nitrogens with zero attached hydrogens (tertiary/aromatic N) is 2. The van der Waals surface area contributed by atoms with Crippen LogP contribution in [0, 0.1) is 0 Å². The normalized spacial score (nSPS) is 10.1. The molecule has 14 heavy (non-hydrogen) atoms. The first kappa shape index (κ1) is 8.62. The smallest absolute Gasteiger partial charge is 0.127 e. The van der Waals surface area contributed by atoms with E-state index in [9.17, 15) is 0 Å². The maximum atomic E-state index is 5.72. The van der Waals surface area contributed by atoms with Gasteiger partial charge in [-0.25, -0.2) is 4.98 Å². The highest BCUT2D eigenvalue weighted by atomic mass is 16.5. The average Bonchev–Trinajstić information content (AvgIpc) is 2.65. The molecule has 0 radical (unpaired) electrons. The van der Waals surface area contributed by atoms with E-state index in [0.717, 1.165) is 11.4 Å². The molecule has 1 aromatic heterocycles. The van der Waals surface area contributed by atoms with E-state index in [1.54, 1.807) is 24.2 Å². The van der Waals surface area contributed by atoms with Gasteiger partial charge in [-0.05, 0) is 12.1 Å². The van der Waals surface area contributed by atoms with Crippen LogP contribution in [0.2, 0.25) is 0 Å². The van der Waals surface area contributed by atoms with Gasteiger partial charge in [-0.3, -0.25) is 4.57 Å². The van der Waals surface area contributed by atoms with E-state index in [0.29, 0.717) is 5.82 Å². The molecule has 72 valence electrons. The average molecular weight is 189 g/mol. The van der Waals surface area contributed by atoms with Gasteiger partial charge in [0.15, 0.2) is 0 Å². The summed E-state index contributed by atoms with van der Waals surface area (Å²) in [6.07, 6.45) is 3.28. The second kappa shape index (κ2) is 3.41. The number of imidazole rings is 1. The summed E-state index contributed by atoms with van der Waals surface area (Å²) >= 11 is 0. The number of nitrogens with two attached hydrogens (primary N) is 1. The van der Waals surface area contributed by atoms with Crippen LogP contribution >= 0.6 is 0 Å². The molecule has 0 amide bonds. The fourth-order valence-electron chi connectivity index (χ4n) is 1.28. The number of nitrogen functional groups attached to an aromatic ring is 1. The molecule has 0 spiro atoms. The molecular weight excluding hydrogens is 178 g/mol. The summed E-state index contributed by atoms with van der Waals surface area (Å²) in [6.45, 7) is 0. The molecule has 4 nitrogen and oxygen atoms in total. The standard InChI is InChI=1S/C10H11N3O/c1-14-9-4-2-3-8(5-9)13-7-12-6-10(13)11/h2-7H,11H2,1H3. The molecule has 0 atom stereocenters. The summed E-state index contributed by atoms with van der Waals surface area (Å²) in [5, 5.41) is 0. The number of rotatable bonds is 2. The zero-order valence-electron chi connectivity index (χ0n) is 7.84. The van der Waals surface area contributed by atoms with Gasteiger partial charge in [0, 0.05) is 6.07 Å². The Kier molecular flexibility index (Phi) is 2.10. The minimum atomic E-state index is 0.609. The van der Waals surface area contributed by atoms with Crippen molar-refractivity contribution in [1.82, 2.24) is 9.55 Å². The summed E-state index contributed by atoms with van der Waals surface area (Å²) in [5.41, 5.74) is 6.67. The van der Waals surface area contributed by atoms with Crippen molar-refractivity contribution in [2.75, 3.05) is 12.8 Å². The Hall–Kier alpha value is -1.97. The molecule has 0 aliphatic rings. The van der Waals surface area contributed by atoms with Crippen LogP contribution in [-0.2, 0) is 0 Å². The zero-order chi connectivity index (χ0) is 9.97. The third-order valence-electron chi connectivity index (χ3n) is 2.00. The second-order valence-corrected chi connectivity index (χ2v) is 2.89. The molecule has 4 heteroatoms. The molecule has 0 aliphatic heterocycles. The van der Waals surface area contributed by atoms with Crippen LogP contribution in [0.1, 0.15) is 0 Å². The van der Waals surface area contributed by atoms with Crippen molar-refractivity contribution in [2.45, 2.75) is 0 Å². The molecule has 0 unspecified atom stereocenters. The minimum Gasteiger partial charge on any atom is -0.497 e. The Labute approximate surface area is 81.9 Å². The van der Waals surface area contributed by atoms with E-state index >= 15 is 0 Å². The highest BCUT2D eigenvalue weighted by Gasteiger charge is 2.01. The Morgan fingerprint density at radius 1 is 1.43 bits per heavy atom. The second-order valence-electron chi connectivity index (χ2n) is 2.89. The number of anilines is 1. The molecule has 2 rings (SSSR count). The monoisotopic (exact) mass is 189 g/mol. The van der Waals surface area contributed by atoms with Crippen molar-refractivity contribution in [3.05, 3.63) is 36.8 Å². The van der Waals surface area contributed by atoms with Gasteiger partial charge in [0.1, 0.15) is 17.9 Å². The summed E-state index contributed by atoms with van der Waals surface area (Å²) in [5.74, 6) is 1.41. The van der Waals surface area contributed by atoms with Crippen LogP contribution in [-0.4, -0.2) is 16.7 Å². The fourth-order valence-corrected chi connectivity index (χ4v) is 1.28. The maximum Gasteiger partial charge on any atom is 0.127 e. The van der Waals surface area contributed by atoms with E-state index in [1.807, 2.05) is 24.3 Å². The van der Waals surface area contributed by atoms with Gasteiger partial charge >= 0.3 is 0 Å². The van der Waals surface area contributed by atoms with Crippen molar-refractivity contribution in [1.29, 1.82) is 0 Å². The third kappa shape index (κ3) is 1.42. The SMILES string of the molecule is COc1cccc(-n2cncc2N)c1. The first-order chi connectivity index (χ1) is 6.81. The molecule has 0 aliphatic carbocycles. The van der Waals surface area contributed by atoms with Crippen molar-refractivity contribution in [3.8, 4) is 11.4 Å². The van der Waals surface area contributed by atoms with Gasteiger partial charge in [-0.15, -0.1) is 0 Å². The Bertz CT molecular complexity index is 436. The molecular formula is C10H11N3O. The highest BCUT2D eigenvalue weighted by molar-refractivity contribution is 5.45. The summed E-state index contributed by atoms with van der Waals surface area (Å²) in [4.78, 5) is 3.95. The fraction of sp³-hybridized carbons (Fsp3) is 0.100.